The maximum absolute atomic E-state index is 5.53. The lowest BCUT2D eigenvalue weighted by molar-refractivity contribution is 0.414. The Morgan fingerprint density at radius 3 is 2.53 bits per heavy atom. The van der Waals surface area contributed by atoms with Crippen LogP contribution in [0.5, 0.6) is 5.75 Å². The van der Waals surface area contributed by atoms with Gasteiger partial charge in [-0.3, -0.25) is 4.99 Å². The number of aliphatic imine (C=N–C) groups is 1. The van der Waals surface area contributed by atoms with Crippen LogP contribution in [0.25, 0.3) is 0 Å². The summed E-state index contributed by atoms with van der Waals surface area (Å²) in [6, 6.07) is 5.66. The highest BCUT2D eigenvalue weighted by Gasteiger charge is 2.13. The lowest BCUT2D eigenvalue weighted by atomic mass is 10.1. The third kappa shape index (κ3) is 4.02. The van der Waals surface area contributed by atoms with Crippen LogP contribution in [0, 0.1) is 0 Å². The monoisotopic (exact) mass is 299 g/mol. The standard InChI is InChI=1S/C12H18BrN3O/c1-12(2,3)15-11(16-14)9-7-8(17-4)5-6-10(9)13/h5-7H,14H2,1-4H3,(H,15,16). The van der Waals surface area contributed by atoms with Crippen molar-refractivity contribution in [3.05, 3.63) is 28.2 Å². The third-order valence-corrected chi connectivity index (χ3v) is 2.70. The molecule has 3 N–H and O–H groups in total. The molecule has 0 aliphatic heterocycles. The Labute approximate surface area is 110 Å². The van der Waals surface area contributed by atoms with Crippen molar-refractivity contribution in [2.45, 2.75) is 26.3 Å². The first-order valence-corrected chi connectivity index (χ1v) is 6.07. The number of nitrogens with zero attached hydrogens (tertiary/aromatic N) is 1. The lowest BCUT2D eigenvalue weighted by Crippen LogP contribution is -2.34. The molecule has 0 spiro atoms. The second-order valence-corrected chi connectivity index (χ2v) is 5.48. The fourth-order valence-corrected chi connectivity index (χ4v) is 1.75. The van der Waals surface area contributed by atoms with Gasteiger partial charge in [0.25, 0.3) is 0 Å². The Morgan fingerprint density at radius 1 is 1.41 bits per heavy atom. The number of benzene rings is 1. The van der Waals surface area contributed by atoms with Crippen LogP contribution in [0.2, 0.25) is 0 Å². The molecule has 1 rings (SSSR count). The molecule has 0 atom stereocenters. The van der Waals surface area contributed by atoms with Gasteiger partial charge in [0.15, 0.2) is 0 Å². The van der Waals surface area contributed by atoms with Crippen LogP contribution in [0.3, 0.4) is 0 Å². The Morgan fingerprint density at radius 2 is 2.06 bits per heavy atom. The summed E-state index contributed by atoms with van der Waals surface area (Å²) < 4.78 is 6.11. The second-order valence-electron chi connectivity index (χ2n) is 4.62. The number of rotatable bonds is 2. The van der Waals surface area contributed by atoms with Gasteiger partial charge in [-0.25, -0.2) is 5.84 Å². The van der Waals surface area contributed by atoms with Gasteiger partial charge in [-0.1, -0.05) is 15.9 Å². The molecular weight excluding hydrogens is 282 g/mol. The molecule has 0 amide bonds. The molecule has 0 unspecified atom stereocenters. The molecule has 0 saturated heterocycles. The first kappa shape index (κ1) is 14.0. The number of methoxy groups -OCH3 is 1. The number of ether oxygens (including phenoxy) is 1. The van der Waals surface area contributed by atoms with Gasteiger partial charge in [0.05, 0.1) is 12.6 Å². The number of amidine groups is 1. The van der Waals surface area contributed by atoms with Gasteiger partial charge >= 0.3 is 0 Å². The van der Waals surface area contributed by atoms with Gasteiger partial charge in [-0.2, -0.15) is 0 Å². The van der Waals surface area contributed by atoms with E-state index in [1.807, 2.05) is 39.0 Å². The zero-order valence-corrected chi connectivity index (χ0v) is 12.1. The van der Waals surface area contributed by atoms with Gasteiger partial charge in [0, 0.05) is 10.0 Å². The van der Waals surface area contributed by atoms with Gasteiger partial charge < -0.3 is 10.2 Å². The first-order valence-electron chi connectivity index (χ1n) is 5.28. The summed E-state index contributed by atoms with van der Waals surface area (Å²) >= 11 is 3.48. The van der Waals surface area contributed by atoms with Crippen molar-refractivity contribution < 1.29 is 4.74 Å². The van der Waals surface area contributed by atoms with Crippen LogP contribution in [-0.4, -0.2) is 18.5 Å². The second kappa shape index (κ2) is 5.51. The Bertz CT molecular complexity index is 424. The lowest BCUT2D eigenvalue weighted by Gasteiger charge is -2.17. The average molecular weight is 300 g/mol. The van der Waals surface area contributed by atoms with E-state index in [4.69, 9.17) is 10.6 Å². The summed E-state index contributed by atoms with van der Waals surface area (Å²) in [5.41, 5.74) is 3.30. The predicted molar refractivity (Wildman–Crippen MR) is 74.3 cm³/mol. The molecule has 1 aromatic rings. The highest BCUT2D eigenvalue weighted by Crippen LogP contribution is 2.23. The van der Waals surface area contributed by atoms with E-state index in [-0.39, 0.29) is 5.54 Å². The minimum atomic E-state index is -0.204. The van der Waals surface area contributed by atoms with Gasteiger partial charge in [-0.15, -0.1) is 0 Å². The smallest absolute Gasteiger partial charge is 0.144 e. The van der Waals surface area contributed by atoms with E-state index in [1.165, 1.54) is 0 Å². The van der Waals surface area contributed by atoms with Crippen LogP contribution in [-0.2, 0) is 0 Å². The van der Waals surface area contributed by atoms with E-state index in [0.717, 1.165) is 15.8 Å². The van der Waals surface area contributed by atoms with Gasteiger partial charge in [0.2, 0.25) is 0 Å². The topological polar surface area (TPSA) is 59.6 Å². The maximum atomic E-state index is 5.53. The quantitative estimate of drug-likeness (QED) is 0.382. The molecule has 0 aliphatic rings. The molecule has 94 valence electrons. The molecule has 0 aromatic heterocycles. The third-order valence-electron chi connectivity index (χ3n) is 2.01. The van der Waals surface area contributed by atoms with Crippen molar-refractivity contribution in [2.24, 2.45) is 10.8 Å². The number of halogens is 1. The zero-order valence-electron chi connectivity index (χ0n) is 10.5. The van der Waals surface area contributed by atoms with E-state index in [1.54, 1.807) is 7.11 Å². The van der Waals surface area contributed by atoms with E-state index >= 15 is 0 Å². The molecule has 5 heteroatoms. The number of hydrazine groups is 1. The molecule has 0 bridgehead atoms. The van der Waals surface area contributed by atoms with E-state index < -0.39 is 0 Å². The molecule has 1 aromatic carbocycles. The Hall–Kier alpha value is -1.07. The maximum Gasteiger partial charge on any atom is 0.144 e. The summed E-state index contributed by atoms with van der Waals surface area (Å²) in [5.74, 6) is 6.92. The fourth-order valence-electron chi connectivity index (χ4n) is 1.32. The highest BCUT2D eigenvalue weighted by molar-refractivity contribution is 9.10. The van der Waals surface area contributed by atoms with Crippen LogP contribution < -0.4 is 16.0 Å². The Balaban J connectivity index is 3.25. The molecule has 0 fully saturated rings. The molecule has 0 saturated carbocycles. The molecule has 0 radical (unpaired) electrons. The van der Waals surface area contributed by atoms with Crippen molar-refractivity contribution in [3.63, 3.8) is 0 Å². The largest absolute Gasteiger partial charge is 0.497 e. The first-order chi connectivity index (χ1) is 7.87. The molecule has 0 heterocycles. The average Bonchev–Trinajstić information content (AvgIpc) is 2.25. The van der Waals surface area contributed by atoms with Crippen molar-refractivity contribution in [1.82, 2.24) is 5.43 Å². The van der Waals surface area contributed by atoms with Crippen molar-refractivity contribution in [3.8, 4) is 5.75 Å². The summed E-state index contributed by atoms with van der Waals surface area (Å²) in [5, 5.41) is 0. The number of nitrogens with two attached hydrogens (primary N) is 1. The van der Waals surface area contributed by atoms with E-state index in [2.05, 4.69) is 26.3 Å². The summed E-state index contributed by atoms with van der Waals surface area (Å²) in [6.07, 6.45) is 0. The normalized spacial score (nSPS) is 12.5. The predicted octanol–water partition coefficient (Wildman–Crippen LogP) is 2.47. The molecule has 0 aliphatic carbocycles. The van der Waals surface area contributed by atoms with Crippen molar-refractivity contribution in [1.29, 1.82) is 0 Å². The Kier molecular flexibility index (Phi) is 4.54. The molecule has 4 nitrogen and oxygen atoms in total. The van der Waals surface area contributed by atoms with Crippen LogP contribution in [0.15, 0.2) is 27.7 Å². The minimum Gasteiger partial charge on any atom is -0.497 e. The van der Waals surface area contributed by atoms with Crippen molar-refractivity contribution >= 4 is 21.8 Å². The fraction of sp³-hybridized carbons (Fsp3) is 0.417. The van der Waals surface area contributed by atoms with Crippen LogP contribution in [0.1, 0.15) is 26.3 Å². The summed E-state index contributed by atoms with van der Waals surface area (Å²) in [4.78, 5) is 4.53. The minimum absolute atomic E-state index is 0.204. The van der Waals surface area contributed by atoms with E-state index in [0.29, 0.717) is 5.84 Å². The van der Waals surface area contributed by atoms with Crippen LogP contribution in [0.4, 0.5) is 0 Å². The van der Waals surface area contributed by atoms with Gasteiger partial charge in [-0.05, 0) is 39.0 Å². The zero-order chi connectivity index (χ0) is 13.1. The van der Waals surface area contributed by atoms with Gasteiger partial charge in [0.1, 0.15) is 11.6 Å². The number of hydrogen-bond acceptors (Lipinski definition) is 3. The van der Waals surface area contributed by atoms with Crippen molar-refractivity contribution in [2.75, 3.05) is 7.11 Å². The SMILES string of the molecule is COc1ccc(Br)c(C(=NC(C)(C)C)NN)c1. The summed E-state index contributed by atoms with van der Waals surface area (Å²) in [7, 11) is 1.63. The highest BCUT2D eigenvalue weighted by atomic mass is 79.9. The number of hydrogen-bond donors (Lipinski definition) is 2. The van der Waals surface area contributed by atoms with Crippen LogP contribution >= 0.6 is 15.9 Å². The molecular formula is C12H18BrN3O. The van der Waals surface area contributed by atoms with E-state index in [9.17, 15) is 0 Å². The molecule has 17 heavy (non-hydrogen) atoms. The summed E-state index contributed by atoms with van der Waals surface area (Å²) in [6.45, 7) is 6.04. The number of nitrogens with one attached hydrogen (secondary N) is 1.